The van der Waals surface area contributed by atoms with Crippen molar-refractivity contribution in [2.75, 3.05) is 27.3 Å². The minimum atomic E-state index is 0.817. The summed E-state index contributed by atoms with van der Waals surface area (Å²) >= 11 is 0. The first-order valence-electron chi connectivity index (χ1n) is 6.16. The highest BCUT2D eigenvalue weighted by molar-refractivity contribution is 4.78. The largest absolute Gasteiger partial charge is 0.313 e. The maximum absolute atomic E-state index is 2.74. The van der Waals surface area contributed by atoms with Gasteiger partial charge in [0.15, 0.2) is 0 Å². The summed E-state index contributed by atoms with van der Waals surface area (Å²) in [5, 5.41) is 0. The van der Waals surface area contributed by atoms with Gasteiger partial charge in [0.25, 0.3) is 0 Å². The lowest BCUT2D eigenvalue weighted by atomic mass is 9.94. The SMILES string of the molecule is CC1CN(C2CCCCC2)C[N+]1(C)C. The van der Waals surface area contributed by atoms with E-state index < -0.39 is 0 Å². The number of hydrogen-bond donors (Lipinski definition) is 0. The van der Waals surface area contributed by atoms with E-state index in [1.807, 2.05) is 0 Å². The summed E-state index contributed by atoms with van der Waals surface area (Å²) in [5.41, 5.74) is 0. The van der Waals surface area contributed by atoms with Gasteiger partial charge < -0.3 is 4.48 Å². The van der Waals surface area contributed by atoms with Crippen molar-refractivity contribution in [2.45, 2.75) is 51.1 Å². The molecule has 2 nitrogen and oxygen atoms in total. The van der Waals surface area contributed by atoms with E-state index in [2.05, 4.69) is 25.9 Å². The van der Waals surface area contributed by atoms with E-state index in [0.717, 1.165) is 12.1 Å². The van der Waals surface area contributed by atoms with Gasteiger partial charge in [0, 0.05) is 6.04 Å². The van der Waals surface area contributed by atoms with Crippen LogP contribution in [0.1, 0.15) is 39.0 Å². The van der Waals surface area contributed by atoms with Gasteiger partial charge in [0.1, 0.15) is 6.67 Å². The smallest absolute Gasteiger partial charge is 0.135 e. The highest BCUT2D eigenvalue weighted by Gasteiger charge is 2.39. The van der Waals surface area contributed by atoms with Gasteiger partial charge in [-0.05, 0) is 19.8 Å². The summed E-state index contributed by atoms with van der Waals surface area (Å²) in [6.07, 6.45) is 7.30. The Kier molecular flexibility index (Phi) is 2.85. The van der Waals surface area contributed by atoms with Gasteiger partial charge in [-0.2, -0.15) is 0 Å². The van der Waals surface area contributed by atoms with Crippen molar-refractivity contribution >= 4 is 0 Å². The Bertz CT molecular complexity index is 194. The Morgan fingerprint density at radius 3 is 2.21 bits per heavy atom. The zero-order valence-electron chi connectivity index (χ0n) is 10.00. The first-order valence-corrected chi connectivity index (χ1v) is 6.16. The molecule has 1 saturated heterocycles. The van der Waals surface area contributed by atoms with Crippen molar-refractivity contribution in [3.8, 4) is 0 Å². The van der Waals surface area contributed by atoms with E-state index in [-0.39, 0.29) is 0 Å². The quantitative estimate of drug-likeness (QED) is 0.582. The van der Waals surface area contributed by atoms with Gasteiger partial charge >= 0.3 is 0 Å². The molecule has 1 atom stereocenters. The highest BCUT2D eigenvalue weighted by atomic mass is 15.5. The maximum Gasteiger partial charge on any atom is 0.135 e. The lowest BCUT2D eigenvalue weighted by Crippen LogP contribution is -2.44. The zero-order valence-corrected chi connectivity index (χ0v) is 10.00. The molecule has 0 N–H and O–H groups in total. The molecule has 2 fully saturated rings. The van der Waals surface area contributed by atoms with Gasteiger partial charge in [-0.1, -0.05) is 19.3 Å². The van der Waals surface area contributed by atoms with Crippen molar-refractivity contribution in [1.82, 2.24) is 4.90 Å². The van der Waals surface area contributed by atoms with Crippen LogP contribution in [0.3, 0.4) is 0 Å². The second-order valence-electron chi connectivity index (χ2n) is 5.83. The van der Waals surface area contributed by atoms with Crippen molar-refractivity contribution < 1.29 is 4.48 Å². The molecule has 1 aliphatic heterocycles. The highest BCUT2D eigenvalue weighted by Crippen LogP contribution is 2.28. The molecule has 2 aliphatic rings. The normalized spacial score (nSPS) is 34.9. The standard InChI is InChI=1S/C12H25N2/c1-11-9-13(10-14(11,2)3)12-7-5-4-6-8-12/h11-12H,4-10H2,1-3H3/q+1. The molecule has 14 heavy (non-hydrogen) atoms. The first-order chi connectivity index (χ1) is 6.59. The van der Waals surface area contributed by atoms with Crippen LogP contribution in [0.15, 0.2) is 0 Å². The van der Waals surface area contributed by atoms with Gasteiger partial charge in [0.05, 0.1) is 26.7 Å². The minimum absolute atomic E-state index is 0.817. The topological polar surface area (TPSA) is 3.24 Å². The maximum atomic E-state index is 2.74. The average molecular weight is 197 g/mol. The van der Waals surface area contributed by atoms with E-state index >= 15 is 0 Å². The van der Waals surface area contributed by atoms with Crippen molar-refractivity contribution in [2.24, 2.45) is 0 Å². The Morgan fingerprint density at radius 2 is 1.71 bits per heavy atom. The Hall–Kier alpha value is -0.0800. The molecule has 82 valence electrons. The summed E-state index contributed by atoms with van der Waals surface area (Å²) in [4.78, 5) is 2.74. The van der Waals surface area contributed by atoms with Crippen LogP contribution in [0.4, 0.5) is 0 Å². The van der Waals surface area contributed by atoms with Crippen molar-refractivity contribution in [1.29, 1.82) is 0 Å². The minimum Gasteiger partial charge on any atom is -0.313 e. The molecule has 2 rings (SSSR count). The molecule has 1 aliphatic carbocycles. The van der Waals surface area contributed by atoms with Crippen molar-refractivity contribution in [3.63, 3.8) is 0 Å². The number of hydrogen-bond acceptors (Lipinski definition) is 1. The molecule has 1 saturated carbocycles. The second kappa shape index (κ2) is 3.82. The number of quaternary nitrogens is 1. The van der Waals surface area contributed by atoms with E-state index in [0.29, 0.717) is 0 Å². The molecule has 2 heteroatoms. The summed E-state index contributed by atoms with van der Waals surface area (Å²) in [6.45, 7) is 4.98. The third-order valence-corrected chi connectivity index (χ3v) is 4.33. The van der Waals surface area contributed by atoms with E-state index in [1.54, 1.807) is 0 Å². The summed E-state index contributed by atoms with van der Waals surface area (Å²) in [6, 6.07) is 1.73. The lowest BCUT2D eigenvalue weighted by molar-refractivity contribution is -0.903. The zero-order chi connectivity index (χ0) is 10.2. The van der Waals surface area contributed by atoms with Gasteiger partial charge in [-0.3, -0.25) is 0 Å². The summed E-state index contributed by atoms with van der Waals surface area (Å²) in [5.74, 6) is 0. The van der Waals surface area contributed by atoms with Crippen LogP contribution >= 0.6 is 0 Å². The van der Waals surface area contributed by atoms with E-state index in [1.165, 1.54) is 49.8 Å². The van der Waals surface area contributed by atoms with E-state index in [4.69, 9.17) is 0 Å². The van der Waals surface area contributed by atoms with Crippen LogP contribution in [-0.2, 0) is 0 Å². The number of nitrogens with zero attached hydrogens (tertiary/aromatic N) is 2. The van der Waals surface area contributed by atoms with Gasteiger partial charge in [0.2, 0.25) is 0 Å². The summed E-state index contributed by atoms with van der Waals surface area (Å²) in [7, 11) is 4.74. The van der Waals surface area contributed by atoms with Crippen LogP contribution in [-0.4, -0.2) is 48.8 Å². The van der Waals surface area contributed by atoms with Gasteiger partial charge in [-0.15, -0.1) is 0 Å². The number of likely N-dealkylation sites (N-methyl/N-ethyl adjacent to an activating group) is 1. The molecule has 0 spiro atoms. The number of rotatable bonds is 1. The Balaban J connectivity index is 1.93. The molecular weight excluding hydrogens is 172 g/mol. The van der Waals surface area contributed by atoms with Crippen LogP contribution in [0.5, 0.6) is 0 Å². The Morgan fingerprint density at radius 1 is 1.07 bits per heavy atom. The molecule has 0 aromatic rings. The summed E-state index contributed by atoms with van der Waals surface area (Å²) < 4.78 is 1.19. The van der Waals surface area contributed by atoms with Crippen LogP contribution in [0.25, 0.3) is 0 Å². The monoisotopic (exact) mass is 197 g/mol. The second-order valence-corrected chi connectivity index (χ2v) is 5.83. The van der Waals surface area contributed by atoms with Crippen LogP contribution < -0.4 is 0 Å². The van der Waals surface area contributed by atoms with Crippen molar-refractivity contribution in [3.05, 3.63) is 0 Å². The molecule has 1 heterocycles. The molecule has 0 radical (unpaired) electrons. The predicted octanol–water partition coefficient (Wildman–Crippen LogP) is 2.06. The fraction of sp³-hybridized carbons (Fsp3) is 1.00. The van der Waals surface area contributed by atoms with Gasteiger partial charge in [-0.25, -0.2) is 4.90 Å². The molecule has 0 aromatic heterocycles. The fourth-order valence-corrected chi connectivity index (χ4v) is 2.94. The lowest BCUT2D eigenvalue weighted by Gasteiger charge is -2.31. The molecule has 0 amide bonds. The van der Waals surface area contributed by atoms with Crippen LogP contribution in [0, 0.1) is 0 Å². The molecule has 0 aromatic carbocycles. The van der Waals surface area contributed by atoms with Crippen LogP contribution in [0.2, 0.25) is 0 Å². The fourth-order valence-electron chi connectivity index (χ4n) is 2.94. The predicted molar refractivity (Wildman–Crippen MR) is 60.0 cm³/mol. The van der Waals surface area contributed by atoms with E-state index in [9.17, 15) is 0 Å². The molecule has 1 unspecified atom stereocenters. The molecular formula is C12H25N2+. The third-order valence-electron chi connectivity index (χ3n) is 4.33. The third kappa shape index (κ3) is 1.96. The average Bonchev–Trinajstić information content (AvgIpc) is 2.43. The Labute approximate surface area is 88.5 Å². The first kappa shape index (κ1) is 10.4. The molecule has 0 bridgehead atoms.